The summed E-state index contributed by atoms with van der Waals surface area (Å²) in [6, 6.07) is 0. The summed E-state index contributed by atoms with van der Waals surface area (Å²) in [5, 5.41) is 2.14. The summed E-state index contributed by atoms with van der Waals surface area (Å²) in [5.74, 6) is -0.256. The first kappa shape index (κ1) is 27.7. The lowest BCUT2D eigenvalue weighted by atomic mass is 10.3. The molecule has 2 rings (SSSR count). The molecule has 1 N–H and O–H groups in total. The van der Waals surface area contributed by atoms with Gasteiger partial charge < -0.3 is 18.9 Å². The quantitative estimate of drug-likeness (QED) is 0.389. The number of amides is 1. The Morgan fingerprint density at radius 1 is 1.22 bits per heavy atom. The van der Waals surface area contributed by atoms with Crippen LogP contribution in [0.25, 0.3) is 0 Å². The standard InChI is InChI=1S/C13H18FN3O4S.C7H14O3/c1-2-3-4-5-20-13(19)16-11-9(14)6-17(12(18)15-11)10-7-22-8-21-10;1-3-4-5-6-10-7(8)9-2/h6,10H,2-5,7-8H2,1H3,(H,15,16,18,19);3-6H2,1-2H3/t10-;/m0./s1. The molecule has 1 saturated heterocycles. The molecule has 10 nitrogen and oxygen atoms in total. The van der Waals surface area contributed by atoms with Gasteiger partial charge in [-0.25, -0.2) is 18.8 Å². The van der Waals surface area contributed by atoms with Crippen molar-refractivity contribution in [2.45, 2.75) is 58.6 Å². The summed E-state index contributed by atoms with van der Waals surface area (Å²) in [5.41, 5.74) is -0.685. The smallest absolute Gasteiger partial charge is 0.449 e. The van der Waals surface area contributed by atoms with Crippen LogP contribution < -0.4 is 11.0 Å². The molecule has 1 aromatic rings. The first-order chi connectivity index (χ1) is 15.4. The minimum absolute atomic E-state index is 0.242. The molecule has 0 saturated carbocycles. The Balaban J connectivity index is 0.000000433. The largest absolute Gasteiger partial charge is 0.507 e. The van der Waals surface area contributed by atoms with Crippen molar-refractivity contribution in [1.82, 2.24) is 9.55 Å². The summed E-state index contributed by atoms with van der Waals surface area (Å²) in [6.07, 6.45) is 4.86. The van der Waals surface area contributed by atoms with Crippen molar-refractivity contribution in [3.63, 3.8) is 0 Å². The van der Waals surface area contributed by atoms with E-state index < -0.39 is 35.8 Å². The van der Waals surface area contributed by atoms with Crippen LogP contribution in [0.5, 0.6) is 0 Å². The summed E-state index contributed by atoms with van der Waals surface area (Å²) >= 11 is 1.50. The fraction of sp³-hybridized carbons (Fsp3) is 0.700. The summed E-state index contributed by atoms with van der Waals surface area (Å²) in [4.78, 5) is 37.2. The third-order valence-corrected chi connectivity index (χ3v) is 4.98. The van der Waals surface area contributed by atoms with Crippen molar-refractivity contribution in [3.8, 4) is 0 Å². The zero-order valence-corrected chi connectivity index (χ0v) is 19.6. The van der Waals surface area contributed by atoms with Gasteiger partial charge in [0.2, 0.25) is 0 Å². The average Bonchev–Trinajstić information content (AvgIpc) is 3.31. The molecule has 0 aromatic carbocycles. The predicted molar refractivity (Wildman–Crippen MR) is 118 cm³/mol. The number of hydrogen-bond acceptors (Lipinski definition) is 9. The zero-order valence-electron chi connectivity index (χ0n) is 18.8. The first-order valence-corrected chi connectivity index (χ1v) is 11.7. The van der Waals surface area contributed by atoms with Gasteiger partial charge in [-0.3, -0.25) is 9.88 Å². The van der Waals surface area contributed by atoms with Gasteiger partial charge in [-0.05, 0) is 12.8 Å². The van der Waals surface area contributed by atoms with Crippen LogP contribution in [-0.4, -0.2) is 53.8 Å². The highest BCUT2D eigenvalue weighted by Gasteiger charge is 2.22. The van der Waals surface area contributed by atoms with Crippen LogP contribution >= 0.6 is 11.8 Å². The summed E-state index contributed by atoms with van der Waals surface area (Å²) in [6.45, 7) is 4.84. The molecule has 0 unspecified atom stereocenters. The molecule has 1 aliphatic heterocycles. The molecular formula is C20H32FN3O7S. The molecule has 0 spiro atoms. The second-order valence-corrected chi connectivity index (χ2v) is 7.69. The number of carbonyl (C=O) groups is 2. The molecule has 182 valence electrons. The number of nitrogens with zero attached hydrogens (tertiary/aromatic N) is 2. The van der Waals surface area contributed by atoms with Crippen LogP contribution in [0.15, 0.2) is 11.0 Å². The number of unbranched alkanes of at least 4 members (excludes halogenated alkanes) is 4. The molecule has 1 aliphatic rings. The molecule has 1 aromatic heterocycles. The van der Waals surface area contributed by atoms with Gasteiger partial charge in [0.1, 0.15) is 6.23 Å². The maximum Gasteiger partial charge on any atom is 0.507 e. The van der Waals surface area contributed by atoms with Crippen LogP contribution in [-0.2, 0) is 18.9 Å². The Kier molecular flexibility index (Phi) is 14.1. The summed E-state index contributed by atoms with van der Waals surface area (Å²) < 4.78 is 34.1. The molecule has 1 atom stereocenters. The minimum atomic E-state index is -0.827. The normalized spacial score (nSPS) is 14.8. The average molecular weight is 478 g/mol. The topological polar surface area (TPSA) is 118 Å². The van der Waals surface area contributed by atoms with Crippen molar-refractivity contribution in [2.24, 2.45) is 0 Å². The Hall–Kier alpha value is -2.34. The number of rotatable bonds is 10. The van der Waals surface area contributed by atoms with Gasteiger partial charge >= 0.3 is 17.9 Å². The molecule has 1 amide bonds. The number of halogens is 1. The van der Waals surface area contributed by atoms with Crippen molar-refractivity contribution in [2.75, 3.05) is 37.3 Å². The summed E-state index contributed by atoms with van der Waals surface area (Å²) in [7, 11) is 1.31. The molecule has 32 heavy (non-hydrogen) atoms. The van der Waals surface area contributed by atoms with Crippen molar-refractivity contribution in [3.05, 3.63) is 22.5 Å². The van der Waals surface area contributed by atoms with E-state index in [4.69, 9.17) is 9.47 Å². The number of ether oxygens (including phenoxy) is 4. The van der Waals surface area contributed by atoms with E-state index in [0.29, 0.717) is 18.3 Å². The molecule has 0 radical (unpaired) electrons. The van der Waals surface area contributed by atoms with E-state index in [2.05, 4.69) is 26.7 Å². The van der Waals surface area contributed by atoms with E-state index in [1.54, 1.807) is 0 Å². The molecule has 12 heteroatoms. The lowest BCUT2D eigenvalue weighted by Crippen LogP contribution is -2.30. The first-order valence-electron chi connectivity index (χ1n) is 10.5. The number of methoxy groups -OCH3 is 1. The second kappa shape index (κ2) is 16.3. The molecular weight excluding hydrogens is 445 g/mol. The van der Waals surface area contributed by atoms with Gasteiger partial charge in [0.25, 0.3) is 0 Å². The van der Waals surface area contributed by atoms with Crippen molar-refractivity contribution >= 4 is 29.8 Å². The minimum Gasteiger partial charge on any atom is -0.449 e. The maximum atomic E-state index is 13.9. The van der Waals surface area contributed by atoms with Crippen LogP contribution in [0.2, 0.25) is 0 Å². The van der Waals surface area contributed by atoms with Crippen LogP contribution in [0.3, 0.4) is 0 Å². The number of hydrogen-bond donors (Lipinski definition) is 1. The highest BCUT2D eigenvalue weighted by Crippen LogP contribution is 2.24. The van der Waals surface area contributed by atoms with Gasteiger partial charge in [-0.2, -0.15) is 4.98 Å². The highest BCUT2D eigenvalue weighted by atomic mass is 32.2. The molecule has 1 fully saturated rings. The molecule has 0 bridgehead atoms. The molecule has 2 heterocycles. The van der Waals surface area contributed by atoms with E-state index in [1.165, 1.54) is 18.9 Å². The highest BCUT2D eigenvalue weighted by molar-refractivity contribution is 7.99. The van der Waals surface area contributed by atoms with Crippen LogP contribution in [0.4, 0.5) is 19.8 Å². The Morgan fingerprint density at radius 3 is 2.44 bits per heavy atom. The lowest BCUT2D eigenvalue weighted by Gasteiger charge is -2.13. The maximum absolute atomic E-state index is 13.9. The lowest BCUT2D eigenvalue weighted by molar-refractivity contribution is 0.0630. The number of nitrogens with one attached hydrogen (secondary N) is 1. The second-order valence-electron chi connectivity index (χ2n) is 6.71. The van der Waals surface area contributed by atoms with E-state index in [-0.39, 0.29) is 6.61 Å². The number of aromatic nitrogens is 2. The van der Waals surface area contributed by atoms with Gasteiger partial charge in [0.15, 0.2) is 11.6 Å². The third kappa shape index (κ3) is 10.8. The van der Waals surface area contributed by atoms with E-state index >= 15 is 0 Å². The van der Waals surface area contributed by atoms with E-state index in [1.807, 2.05) is 6.92 Å². The van der Waals surface area contributed by atoms with Gasteiger partial charge in [0.05, 0.1) is 32.5 Å². The van der Waals surface area contributed by atoms with Gasteiger partial charge in [-0.15, -0.1) is 11.8 Å². The Bertz CT molecular complexity index is 757. The number of anilines is 1. The Morgan fingerprint density at radius 2 is 1.88 bits per heavy atom. The van der Waals surface area contributed by atoms with Gasteiger partial charge in [-0.1, -0.05) is 39.5 Å². The Labute approximate surface area is 191 Å². The van der Waals surface area contributed by atoms with Crippen molar-refractivity contribution in [1.29, 1.82) is 0 Å². The van der Waals surface area contributed by atoms with E-state index in [0.717, 1.165) is 49.3 Å². The van der Waals surface area contributed by atoms with Crippen LogP contribution in [0, 0.1) is 5.82 Å². The zero-order chi connectivity index (χ0) is 23.8. The third-order valence-electron chi connectivity index (χ3n) is 4.16. The van der Waals surface area contributed by atoms with Crippen molar-refractivity contribution < 1.29 is 32.9 Å². The number of thioether (sulfide) groups is 1. The SMILES string of the molecule is CCCCCOC(=O)Nc1nc(=O)n([C@@H]2CSCO2)cc1F.CCCCCOC(=O)OC. The van der Waals surface area contributed by atoms with Crippen LogP contribution in [0.1, 0.15) is 58.6 Å². The van der Waals surface area contributed by atoms with Gasteiger partial charge in [0, 0.05) is 5.75 Å². The predicted octanol–water partition coefficient (Wildman–Crippen LogP) is 4.30. The fourth-order valence-electron chi connectivity index (χ4n) is 2.44. The monoisotopic (exact) mass is 477 g/mol. The fourth-order valence-corrected chi connectivity index (χ4v) is 3.25. The number of carbonyl (C=O) groups excluding carboxylic acids is 2. The molecule has 0 aliphatic carbocycles. The van der Waals surface area contributed by atoms with E-state index in [9.17, 15) is 18.8 Å².